The topological polar surface area (TPSA) is 50.8 Å². The molecule has 1 fully saturated rings. The number of halogens is 1. The number of nitrogens with zero attached hydrogens (tertiary/aromatic N) is 1. The summed E-state index contributed by atoms with van der Waals surface area (Å²) in [5.74, 6) is -0.398. The second kappa shape index (κ2) is 8.96. The van der Waals surface area contributed by atoms with E-state index in [1.54, 1.807) is 19.2 Å². The first-order valence-electron chi connectivity index (χ1n) is 7.97. The highest BCUT2D eigenvalue weighted by atomic mass is 19.1. The summed E-state index contributed by atoms with van der Waals surface area (Å²) in [7, 11) is 3.53. The molecular weight excluding hydrogens is 299 g/mol. The molecule has 0 bridgehead atoms. The van der Waals surface area contributed by atoms with Crippen LogP contribution in [-0.2, 0) is 16.1 Å². The van der Waals surface area contributed by atoms with E-state index >= 15 is 0 Å². The molecule has 1 amide bonds. The number of amides is 1. The first kappa shape index (κ1) is 17.8. The van der Waals surface area contributed by atoms with Crippen molar-refractivity contribution in [3.05, 3.63) is 35.1 Å². The Balaban J connectivity index is 1.97. The number of ether oxygens (including phenoxy) is 2. The molecule has 0 unspecified atom stereocenters. The Morgan fingerprint density at radius 2 is 2.09 bits per heavy atom. The minimum absolute atomic E-state index is 0.0438. The molecule has 2 rings (SSSR count). The highest BCUT2D eigenvalue weighted by molar-refractivity contribution is 5.94. The number of hydrogen-bond donors (Lipinski definition) is 1. The van der Waals surface area contributed by atoms with E-state index in [1.807, 2.05) is 11.9 Å². The monoisotopic (exact) mass is 324 g/mol. The van der Waals surface area contributed by atoms with Crippen LogP contribution in [0.25, 0.3) is 0 Å². The molecule has 0 aromatic heterocycles. The zero-order chi connectivity index (χ0) is 16.7. The van der Waals surface area contributed by atoms with Crippen molar-refractivity contribution < 1.29 is 18.7 Å². The van der Waals surface area contributed by atoms with Crippen molar-refractivity contribution in [2.45, 2.75) is 25.5 Å². The molecule has 1 heterocycles. The van der Waals surface area contributed by atoms with E-state index in [-0.39, 0.29) is 18.3 Å². The van der Waals surface area contributed by atoms with Crippen LogP contribution < -0.4 is 5.32 Å². The van der Waals surface area contributed by atoms with Crippen molar-refractivity contribution in [1.82, 2.24) is 10.2 Å². The minimum Gasteiger partial charge on any atom is -0.382 e. The average molecular weight is 324 g/mol. The fraction of sp³-hybridized carbons (Fsp3) is 0.588. The van der Waals surface area contributed by atoms with Gasteiger partial charge in [0.1, 0.15) is 5.82 Å². The lowest BCUT2D eigenvalue weighted by atomic mass is 10.0. The maximum Gasteiger partial charge on any atom is 0.253 e. The Hall–Kier alpha value is -1.50. The molecule has 1 aromatic rings. The molecule has 0 spiro atoms. The van der Waals surface area contributed by atoms with Gasteiger partial charge in [-0.3, -0.25) is 4.79 Å². The molecule has 1 saturated heterocycles. The number of carbonyl (C=O) groups is 1. The Morgan fingerprint density at radius 3 is 2.74 bits per heavy atom. The van der Waals surface area contributed by atoms with Gasteiger partial charge in [0.25, 0.3) is 5.91 Å². The van der Waals surface area contributed by atoms with Crippen molar-refractivity contribution in [1.29, 1.82) is 0 Å². The molecule has 1 aromatic carbocycles. The van der Waals surface area contributed by atoms with E-state index in [2.05, 4.69) is 5.32 Å². The number of piperidine rings is 1. The molecule has 5 nitrogen and oxygen atoms in total. The lowest BCUT2D eigenvalue weighted by Crippen LogP contribution is -2.44. The normalized spacial score (nSPS) is 15.9. The molecule has 0 aliphatic carbocycles. The smallest absolute Gasteiger partial charge is 0.253 e. The van der Waals surface area contributed by atoms with Gasteiger partial charge in [0.15, 0.2) is 0 Å². The molecule has 0 saturated carbocycles. The number of likely N-dealkylation sites (tertiary alicyclic amines) is 1. The number of benzene rings is 1. The number of rotatable bonds is 7. The van der Waals surface area contributed by atoms with E-state index in [0.29, 0.717) is 30.4 Å². The van der Waals surface area contributed by atoms with Gasteiger partial charge in [0, 0.05) is 37.4 Å². The average Bonchev–Trinajstić information content (AvgIpc) is 2.59. The third-order valence-electron chi connectivity index (χ3n) is 4.17. The molecule has 1 aliphatic rings. The highest BCUT2D eigenvalue weighted by Gasteiger charge is 2.23. The van der Waals surface area contributed by atoms with Crippen LogP contribution in [0.2, 0.25) is 0 Å². The molecule has 1 N–H and O–H groups in total. The second-order valence-electron chi connectivity index (χ2n) is 5.71. The first-order valence-corrected chi connectivity index (χ1v) is 7.97. The molecular formula is C17H25FN2O3. The van der Waals surface area contributed by atoms with Gasteiger partial charge in [-0.05, 0) is 38.1 Å². The SMILES string of the molecule is CNC1CCN(C(=O)c2ccc(F)c(COCCOC)c2)CC1. The summed E-state index contributed by atoms with van der Waals surface area (Å²) in [5, 5.41) is 3.24. The van der Waals surface area contributed by atoms with Gasteiger partial charge >= 0.3 is 0 Å². The maximum absolute atomic E-state index is 13.8. The molecule has 128 valence electrons. The molecule has 0 radical (unpaired) electrons. The quantitative estimate of drug-likeness (QED) is 0.777. The number of hydrogen-bond acceptors (Lipinski definition) is 4. The lowest BCUT2D eigenvalue weighted by molar-refractivity contribution is 0.0602. The van der Waals surface area contributed by atoms with Crippen LogP contribution in [0.3, 0.4) is 0 Å². The summed E-state index contributed by atoms with van der Waals surface area (Å²) in [6.45, 7) is 2.44. The Morgan fingerprint density at radius 1 is 1.35 bits per heavy atom. The standard InChI is InChI=1S/C17H25FN2O3/c1-19-15-5-7-20(8-6-15)17(21)13-3-4-16(18)14(11-13)12-23-10-9-22-2/h3-4,11,15,19H,5-10,12H2,1-2H3. The fourth-order valence-electron chi connectivity index (χ4n) is 2.70. The van der Waals surface area contributed by atoms with Gasteiger partial charge in [-0.2, -0.15) is 0 Å². The summed E-state index contributed by atoms with van der Waals surface area (Å²) in [4.78, 5) is 14.4. The van der Waals surface area contributed by atoms with Gasteiger partial charge < -0.3 is 19.7 Å². The molecule has 1 aliphatic heterocycles. The first-order chi connectivity index (χ1) is 11.2. The third kappa shape index (κ3) is 4.99. The van der Waals surface area contributed by atoms with Crippen molar-refractivity contribution in [3.63, 3.8) is 0 Å². The summed E-state index contributed by atoms with van der Waals surface area (Å²) < 4.78 is 24.1. The van der Waals surface area contributed by atoms with Crippen LogP contribution >= 0.6 is 0 Å². The van der Waals surface area contributed by atoms with Crippen LogP contribution in [0.5, 0.6) is 0 Å². The highest BCUT2D eigenvalue weighted by Crippen LogP contribution is 2.17. The summed E-state index contributed by atoms with van der Waals surface area (Å²) in [6, 6.07) is 4.94. The zero-order valence-corrected chi connectivity index (χ0v) is 13.8. The Bertz CT molecular complexity index is 517. The summed E-state index contributed by atoms with van der Waals surface area (Å²) in [6.07, 6.45) is 1.88. The van der Waals surface area contributed by atoms with Gasteiger partial charge in [0.05, 0.1) is 19.8 Å². The number of carbonyl (C=O) groups excluding carboxylic acids is 1. The van der Waals surface area contributed by atoms with E-state index in [0.717, 1.165) is 25.9 Å². The van der Waals surface area contributed by atoms with Crippen molar-refractivity contribution in [2.24, 2.45) is 0 Å². The van der Waals surface area contributed by atoms with Crippen LogP contribution in [0.4, 0.5) is 4.39 Å². The van der Waals surface area contributed by atoms with Crippen LogP contribution in [0.1, 0.15) is 28.8 Å². The lowest BCUT2D eigenvalue weighted by Gasteiger charge is -2.32. The third-order valence-corrected chi connectivity index (χ3v) is 4.17. The predicted molar refractivity (Wildman–Crippen MR) is 85.9 cm³/mol. The predicted octanol–water partition coefficient (Wildman–Crippen LogP) is 1.81. The van der Waals surface area contributed by atoms with E-state index in [1.165, 1.54) is 6.07 Å². The van der Waals surface area contributed by atoms with Crippen molar-refractivity contribution in [3.8, 4) is 0 Å². The minimum atomic E-state index is -0.354. The molecule has 6 heteroatoms. The van der Waals surface area contributed by atoms with Gasteiger partial charge in [-0.25, -0.2) is 4.39 Å². The van der Waals surface area contributed by atoms with Crippen LogP contribution in [-0.4, -0.2) is 57.3 Å². The van der Waals surface area contributed by atoms with E-state index in [4.69, 9.17) is 9.47 Å². The largest absolute Gasteiger partial charge is 0.382 e. The van der Waals surface area contributed by atoms with Gasteiger partial charge in [0.2, 0.25) is 0 Å². The maximum atomic E-state index is 13.8. The van der Waals surface area contributed by atoms with E-state index < -0.39 is 0 Å². The van der Waals surface area contributed by atoms with Crippen LogP contribution in [0, 0.1) is 5.82 Å². The Labute approximate surface area is 136 Å². The van der Waals surface area contributed by atoms with Crippen molar-refractivity contribution >= 4 is 5.91 Å². The number of nitrogens with one attached hydrogen (secondary N) is 1. The molecule has 23 heavy (non-hydrogen) atoms. The Kier molecular flexibility index (Phi) is 6.95. The summed E-state index contributed by atoms with van der Waals surface area (Å²) >= 11 is 0. The fourth-order valence-corrected chi connectivity index (χ4v) is 2.70. The zero-order valence-electron chi connectivity index (χ0n) is 13.8. The molecule has 0 atom stereocenters. The van der Waals surface area contributed by atoms with Crippen molar-refractivity contribution in [2.75, 3.05) is 40.5 Å². The van der Waals surface area contributed by atoms with E-state index in [9.17, 15) is 9.18 Å². The van der Waals surface area contributed by atoms with Gasteiger partial charge in [-0.1, -0.05) is 0 Å². The van der Waals surface area contributed by atoms with Gasteiger partial charge in [-0.15, -0.1) is 0 Å². The second-order valence-corrected chi connectivity index (χ2v) is 5.71. The van der Waals surface area contributed by atoms with Crippen LogP contribution in [0.15, 0.2) is 18.2 Å². The number of methoxy groups -OCH3 is 1. The summed E-state index contributed by atoms with van der Waals surface area (Å²) in [5.41, 5.74) is 0.914.